The molecule has 3 rings (SSSR count). The molecule has 0 unspecified atom stereocenters. The van der Waals surface area contributed by atoms with Crippen LogP contribution >= 0.6 is 0 Å². The second kappa shape index (κ2) is 9.01. The first kappa shape index (κ1) is 20.7. The van der Waals surface area contributed by atoms with E-state index in [9.17, 15) is 19.1 Å². The van der Waals surface area contributed by atoms with Crippen LogP contribution in [0.2, 0.25) is 0 Å². The molecule has 1 saturated heterocycles. The summed E-state index contributed by atoms with van der Waals surface area (Å²) in [6.45, 7) is 6.76. The summed E-state index contributed by atoms with van der Waals surface area (Å²) in [5, 5.41) is 10.9. The number of benzene rings is 2. The molecule has 2 aromatic rings. The minimum atomic E-state index is -0.722. The maximum Gasteiger partial charge on any atom is 0.295 e. The molecule has 0 aliphatic carbocycles. The Morgan fingerprint density at radius 3 is 2.24 bits per heavy atom. The van der Waals surface area contributed by atoms with Crippen molar-refractivity contribution in [3.05, 3.63) is 77.1 Å². The van der Waals surface area contributed by atoms with Gasteiger partial charge in [-0.2, -0.15) is 0 Å². The molecule has 1 heterocycles. The molecule has 2 aromatic carbocycles. The van der Waals surface area contributed by atoms with Crippen molar-refractivity contribution < 1.29 is 19.1 Å². The van der Waals surface area contributed by atoms with E-state index in [1.807, 2.05) is 44.2 Å². The Morgan fingerprint density at radius 1 is 1.03 bits per heavy atom. The molecule has 0 bridgehead atoms. The summed E-state index contributed by atoms with van der Waals surface area (Å²) >= 11 is 0. The van der Waals surface area contributed by atoms with Gasteiger partial charge >= 0.3 is 0 Å². The Morgan fingerprint density at radius 2 is 1.66 bits per heavy atom. The molecule has 0 aromatic heterocycles. The second-order valence-electron chi connectivity index (χ2n) is 6.94. The number of Topliss-reactive ketones (excluding diaryl/α,β-unsaturated/α-hetero) is 1. The Balaban J connectivity index is 2.06. The Hall–Kier alpha value is -2.99. The smallest absolute Gasteiger partial charge is 0.295 e. The van der Waals surface area contributed by atoms with Gasteiger partial charge in [-0.1, -0.05) is 44.2 Å². The number of likely N-dealkylation sites (N-methyl/N-ethyl adjacent to an activating group) is 1. The van der Waals surface area contributed by atoms with Crippen molar-refractivity contribution in [3.8, 4) is 0 Å². The lowest BCUT2D eigenvalue weighted by molar-refractivity contribution is -0.140. The van der Waals surface area contributed by atoms with E-state index in [1.165, 1.54) is 29.2 Å². The van der Waals surface area contributed by atoms with Gasteiger partial charge in [0.25, 0.3) is 11.7 Å². The third kappa shape index (κ3) is 4.22. The number of carbonyl (C=O) groups excluding carboxylic acids is 2. The average Bonchev–Trinajstić information content (AvgIpc) is 3.00. The van der Waals surface area contributed by atoms with E-state index in [4.69, 9.17) is 0 Å². The number of nitrogens with zero attached hydrogens (tertiary/aromatic N) is 2. The summed E-state index contributed by atoms with van der Waals surface area (Å²) in [7, 11) is 0. The normalized spacial score (nSPS) is 18.6. The lowest BCUT2D eigenvalue weighted by Gasteiger charge is -2.28. The number of aliphatic hydroxyl groups excluding tert-OH is 1. The number of hydrogen-bond acceptors (Lipinski definition) is 4. The van der Waals surface area contributed by atoms with Gasteiger partial charge in [-0.3, -0.25) is 9.59 Å². The minimum Gasteiger partial charge on any atom is -0.507 e. The third-order valence-electron chi connectivity index (χ3n) is 5.32. The highest BCUT2D eigenvalue weighted by atomic mass is 19.1. The molecule has 6 heteroatoms. The molecule has 0 spiro atoms. The SMILES string of the molecule is CCN(CC)CCN1C(=O)C(=O)C(=C(O)c2ccc(F)cc2)[C@H]1c1ccccc1. The van der Waals surface area contributed by atoms with Crippen LogP contribution in [0.3, 0.4) is 0 Å². The van der Waals surface area contributed by atoms with Gasteiger partial charge in [-0.05, 0) is 42.9 Å². The van der Waals surface area contributed by atoms with Crippen molar-refractivity contribution in [2.75, 3.05) is 26.2 Å². The molecule has 1 aliphatic rings. The first-order chi connectivity index (χ1) is 14.0. The van der Waals surface area contributed by atoms with E-state index in [2.05, 4.69) is 4.90 Å². The van der Waals surface area contributed by atoms with Crippen LogP contribution in [0.5, 0.6) is 0 Å². The highest BCUT2D eigenvalue weighted by molar-refractivity contribution is 6.46. The van der Waals surface area contributed by atoms with Crippen molar-refractivity contribution in [2.24, 2.45) is 0 Å². The number of likely N-dealkylation sites (tertiary alicyclic amines) is 1. The van der Waals surface area contributed by atoms with Gasteiger partial charge in [0, 0.05) is 18.7 Å². The summed E-state index contributed by atoms with van der Waals surface area (Å²) in [6.07, 6.45) is 0. The lowest BCUT2D eigenvalue weighted by atomic mass is 9.95. The summed E-state index contributed by atoms with van der Waals surface area (Å²) in [4.78, 5) is 29.4. The number of hydrogen-bond donors (Lipinski definition) is 1. The van der Waals surface area contributed by atoms with Crippen LogP contribution in [0.1, 0.15) is 31.0 Å². The molecule has 0 radical (unpaired) electrons. The van der Waals surface area contributed by atoms with Gasteiger partial charge in [0.15, 0.2) is 0 Å². The average molecular weight is 396 g/mol. The van der Waals surface area contributed by atoms with Crippen LogP contribution in [-0.4, -0.2) is 52.8 Å². The molecular weight excluding hydrogens is 371 g/mol. The van der Waals surface area contributed by atoms with E-state index < -0.39 is 23.5 Å². The second-order valence-corrected chi connectivity index (χ2v) is 6.94. The fraction of sp³-hybridized carbons (Fsp3) is 0.304. The van der Waals surface area contributed by atoms with Crippen molar-refractivity contribution in [2.45, 2.75) is 19.9 Å². The van der Waals surface area contributed by atoms with E-state index in [-0.39, 0.29) is 11.3 Å². The largest absolute Gasteiger partial charge is 0.507 e. The van der Waals surface area contributed by atoms with Crippen molar-refractivity contribution in [1.82, 2.24) is 9.80 Å². The van der Waals surface area contributed by atoms with Gasteiger partial charge in [-0.25, -0.2) is 4.39 Å². The van der Waals surface area contributed by atoms with Crippen LogP contribution in [0.25, 0.3) is 5.76 Å². The van der Waals surface area contributed by atoms with E-state index >= 15 is 0 Å². The van der Waals surface area contributed by atoms with Gasteiger partial charge in [0.05, 0.1) is 11.6 Å². The number of rotatable bonds is 7. The molecule has 1 amide bonds. The first-order valence-electron chi connectivity index (χ1n) is 9.79. The maximum atomic E-state index is 13.3. The van der Waals surface area contributed by atoms with Crippen molar-refractivity contribution in [3.63, 3.8) is 0 Å². The zero-order chi connectivity index (χ0) is 21.0. The molecule has 5 nitrogen and oxygen atoms in total. The van der Waals surface area contributed by atoms with Crippen LogP contribution in [0.4, 0.5) is 4.39 Å². The molecule has 152 valence electrons. The lowest BCUT2D eigenvalue weighted by Crippen LogP contribution is -2.38. The van der Waals surface area contributed by atoms with Crippen molar-refractivity contribution >= 4 is 17.4 Å². The summed E-state index contributed by atoms with van der Waals surface area (Å²) < 4.78 is 13.3. The number of carbonyl (C=O) groups is 2. The Kier molecular flexibility index (Phi) is 6.44. The molecule has 0 saturated carbocycles. The Labute approximate surface area is 170 Å². The molecule has 29 heavy (non-hydrogen) atoms. The highest BCUT2D eigenvalue weighted by Gasteiger charge is 2.45. The van der Waals surface area contributed by atoms with E-state index in [1.54, 1.807) is 0 Å². The van der Waals surface area contributed by atoms with E-state index in [0.29, 0.717) is 18.7 Å². The highest BCUT2D eigenvalue weighted by Crippen LogP contribution is 2.39. The predicted molar refractivity (Wildman–Crippen MR) is 110 cm³/mol. The summed E-state index contributed by atoms with van der Waals surface area (Å²) in [5.74, 6) is -2.08. The predicted octanol–water partition coefficient (Wildman–Crippen LogP) is 3.59. The van der Waals surface area contributed by atoms with Gasteiger partial charge in [-0.15, -0.1) is 0 Å². The summed E-state index contributed by atoms with van der Waals surface area (Å²) in [5.41, 5.74) is 1.08. The van der Waals surface area contributed by atoms with Crippen LogP contribution in [-0.2, 0) is 9.59 Å². The van der Waals surface area contributed by atoms with E-state index in [0.717, 1.165) is 18.7 Å². The fourth-order valence-electron chi connectivity index (χ4n) is 3.64. The quantitative estimate of drug-likeness (QED) is 0.441. The number of halogens is 1. The van der Waals surface area contributed by atoms with Crippen molar-refractivity contribution in [1.29, 1.82) is 0 Å². The first-order valence-corrected chi connectivity index (χ1v) is 9.79. The molecule has 1 atom stereocenters. The standard InChI is InChI=1S/C23H25FN2O3/c1-3-25(4-2)14-15-26-20(16-8-6-5-7-9-16)19(22(28)23(26)29)21(27)17-10-12-18(24)13-11-17/h5-13,20,27H,3-4,14-15H2,1-2H3/t20-/m1/s1. The molecule has 1 fully saturated rings. The zero-order valence-electron chi connectivity index (χ0n) is 16.6. The minimum absolute atomic E-state index is 0.0346. The van der Waals surface area contributed by atoms with Crippen LogP contribution in [0, 0.1) is 5.82 Å². The number of aliphatic hydroxyl groups is 1. The maximum absolute atomic E-state index is 13.3. The molecular formula is C23H25FN2O3. The number of ketones is 1. The van der Waals surface area contributed by atoms with Gasteiger partial charge in [0.2, 0.25) is 0 Å². The Bertz CT molecular complexity index is 905. The summed E-state index contributed by atoms with van der Waals surface area (Å²) in [6, 6.07) is 13.7. The van der Waals surface area contributed by atoms with Gasteiger partial charge < -0.3 is 14.9 Å². The fourth-order valence-corrected chi connectivity index (χ4v) is 3.64. The third-order valence-corrected chi connectivity index (χ3v) is 5.32. The number of amides is 1. The van der Waals surface area contributed by atoms with Gasteiger partial charge in [0.1, 0.15) is 11.6 Å². The zero-order valence-corrected chi connectivity index (χ0v) is 16.6. The molecule has 1 N–H and O–H groups in total. The topological polar surface area (TPSA) is 60.9 Å². The van der Waals surface area contributed by atoms with Crippen LogP contribution < -0.4 is 0 Å². The van der Waals surface area contributed by atoms with Crippen LogP contribution in [0.15, 0.2) is 60.2 Å². The molecule has 1 aliphatic heterocycles. The monoisotopic (exact) mass is 396 g/mol.